The maximum atomic E-state index is 12.6. The van der Waals surface area contributed by atoms with Crippen molar-refractivity contribution in [2.45, 2.75) is 64.3 Å². The summed E-state index contributed by atoms with van der Waals surface area (Å²) in [5, 5.41) is 9.05. The van der Waals surface area contributed by atoms with Crippen molar-refractivity contribution in [3.05, 3.63) is 22.4 Å². The molecule has 2 aliphatic rings. The Morgan fingerprint density at radius 2 is 2.07 bits per heavy atom. The number of thiophene rings is 1. The van der Waals surface area contributed by atoms with Gasteiger partial charge in [0.05, 0.1) is 6.54 Å². The molecule has 5 nitrogen and oxygen atoms in total. The van der Waals surface area contributed by atoms with Crippen LogP contribution in [0.4, 0.5) is 0 Å². The number of aliphatic imine (C=N–C) groups is 1. The van der Waals surface area contributed by atoms with Gasteiger partial charge in [-0.2, -0.15) is 0 Å². The Hall–Kier alpha value is -0.830. The third-order valence-electron chi connectivity index (χ3n) is 5.71. The van der Waals surface area contributed by atoms with E-state index >= 15 is 0 Å². The number of carbonyl (C=O) groups is 1. The Balaban J connectivity index is 0.00000280. The molecule has 158 valence electrons. The number of hydrogen-bond acceptors (Lipinski definition) is 3. The number of rotatable bonds is 6. The van der Waals surface area contributed by atoms with Crippen molar-refractivity contribution in [1.82, 2.24) is 15.5 Å². The molecule has 1 saturated heterocycles. The van der Waals surface area contributed by atoms with Gasteiger partial charge in [0.15, 0.2) is 5.96 Å². The quantitative estimate of drug-likeness (QED) is 0.340. The van der Waals surface area contributed by atoms with Crippen molar-refractivity contribution < 1.29 is 4.79 Å². The number of halogens is 1. The third-order valence-corrected chi connectivity index (χ3v) is 6.95. The van der Waals surface area contributed by atoms with Crippen LogP contribution in [0.1, 0.15) is 57.8 Å². The van der Waals surface area contributed by atoms with Crippen molar-refractivity contribution in [2.24, 2.45) is 10.9 Å². The Morgan fingerprint density at radius 1 is 1.32 bits per heavy atom. The summed E-state index contributed by atoms with van der Waals surface area (Å²) in [6.45, 7) is 9.81. The second-order valence-corrected chi connectivity index (χ2v) is 9.40. The lowest BCUT2D eigenvalue weighted by molar-refractivity contribution is -0.134. The highest BCUT2D eigenvalue weighted by atomic mass is 127. The van der Waals surface area contributed by atoms with Gasteiger partial charge in [-0.1, -0.05) is 32.8 Å². The van der Waals surface area contributed by atoms with Crippen molar-refractivity contribution in [3.63, 3.8) is 0 Å². The molecule has 1 unspecified atom stereocenters. The van der Waals surface area contributed by atoms with E-state index in [9.17, 15) is 4.79 Å². The summed E-state index contributed by atoms with van der Waals surface area (Å²) < 4.78 is 0. The molecule has 2 fully saturated rings. The fourth-order valence-electron chi connectivity index (χ4n) is 4.04. The lowest BCUT2D eigenvalue weighted by Gasteiger charge is -2.23. The first-order valence-electron chi connectivity index (χ1n) is 10.4. The second kappa shape index (κ2) is 10.8. The van der Waals surface area contributed by atoms with E-state index in [1.54, 1.807) is 11.3 Å². The molecule has 1 amide bonds. The SMILES string of the molecule is CCNC(=NCC(C)(C)c1cccs1)NC1CCN(C(=O)C2CCCC2)C1.I. The number of hydrogen-bond donors (Lipinski definition) is 2. The van der Waals surface area contributed by atoms with E-state index in [1.165, 1.54) is 17.7 Å². The molecule has 1 aromatic rings. The molecule has 1 aliphatic carbocycles. The summed E-state index contributed by atoms with van der Waals surface area (Å²) in [7, 11) is 0. The van der Waals surface area contributed by atoms with Crippen LogP contribution < -0.4 is 10.6 Å². The van der Waals surface area contributed by atoms with Gasteiger partial charge in [0.1, 0.15) is 0 Å². The first-order chi connectivity index (χ1) is 13.0. The predicted octanol–water partition coefficient (Wildman–Crippen LogP) is 3.99. The topological polar surface area (TPSA) is 56.7 Å². The lowest BCUT2D eigenvalue weighted by atomic mass is 9.92. The van der Waals surface area contributed by atoms with Crippen LogP contribution in [0.5, 0.6) is 0 Å². The molecule has 1 saturated carbocycles. The minimum absolute atomic E-state index is 0. The molecule has 0 aromatic carbocycles. The monoisotopic (exact) mass is 518 g/mol. The van der Waals surface area contributed by atoms with E-state index in [0.717, 1.165) is 51.4 Å². The molecular formula is C21H35IN4OS. The van der Waals surface area contributed by atoms with Gasteiger partial charge < -0.3 is 15.5 Å². The maximum Gasteiger partial charge on any atom is 0.225 e. The summed E-state index contributed by atoms with van der Waals surface area (Å²) in [5.74, 6) is 1.51. The molecule has 28 heavy (non-hydrogen) atoms. The van der Waals surface area contributed by atoms with Gasteiger partial charge >= 0.3 is 0 Å². The summed E-state index contributed by atoms with van der Waals surface area (Å²) >= 11 is 1.79. The minimum Gasteiger partial charge on any atom is -0.357 e. The summed E-state index contributed by atoms with van der Waals surface area (Å²) in [6.07, 6.45) is 5.58. The van der Waals surface area contributed by atoms with Gasteiger partial charge in [-0.3, -0.25) is 9.79 Å². The number of likely N-dealkylation sites (tertiary alicyclic amines) is 1. The van der Waals surface area contributed by atoms with Crippen LogP contribution in [0.15, 0.2) is 22.5 Å². The van der Waals surface area contributed by atoms with Crippen LogP contribution in [-0.2, 0) is 10.2 Å². The molecule has 2 heterocycles. The minimum atomic E-state index is 0. The maximum absolute atomic E-state index is 12.6. The average molecular weight is 519 g/mol. The fraction of sp³-hybridized carbons (Fsp3) is 0.714. The zero-order valence-corrected chi connectivity index (χ0v) is 20.5. The van der Waals surface area contributed by atoms with Crippen molar-refractivity contribution in [3.8, 4) is 0 Å². The Bertz CT molecular complexity index is 641. The molecular weight excluding hydrogens is 483 g/mol. The predicted molar refractivity (Wildman–Crippen MR) is 129 cm³/mol. The second-order valence-electron chi connectivity index (χ2n) is 8.45. The molecule has 0 radical (unpaired) electrons. The third kappa shape index (κ3) is 6.08. The number of amides is 1. The van der Waals surface area contributed by atoms with E-state index in [4.69, 9.17) is 4.99 Å². The Kier molecular flexibility index (Phi) is 9.05. The van der Waals surface area contributed by atoms with Crippen LogP contribution >= 0.6 is 35.3 Å². The molecule has 0 spiro atoms. The molecule has 0 bridgehead atoms. The standard InChI is InChI=1S/C21H34N4OS.HI/c1-4-22-20(23-15-21(2,3)18-10-7-13-27-18)24-17-11-12-25(14-17)19(26)16-8-5-6-9-16;/h7,10,13,16-17H,4-6,8-9,11-12,14-15H2,1-3H3,(H2,22,23,24);1H. The van der Waals surface area contributed by atoms with E-state index in [2.05, 4.69) is 53.8 Å². The molecule has 1 aromatic heterocycles. The number of nitrogens with one attached hydrogen (secondary N) is 2. The number of nitrogens with zero attached hydrogens (tertiary/aromatic N) is 2. The van der Waals surface area contributed by atoms with Gasteiger partial charge in [-0.15, -0.1) is 35.3 Å². The smallest absolute Gasteiger partial charge is 0.225 e. The summed E-state index contributed by atoms with van der Waals surface area (Å²) in [5.41, 5.74) is 0.0245. The first-order valence-corrected chi connectivity index (χ1v) is 11.2. The van der Waals surface area contributed by atoms with E-state index in [0.29, 0.717) is 5.91 Å². The normalized spacial score (nSPS) is 20.9. The zero-order valence-electron chi connectivity index (χ0n) is 17.4. The average Bonchev–Trinajstić information content (AvgIpc) is 3.42. The van der Waals surface area contributed by atoms with Crippen molar-refractivity contribution >= 4 is 47.2 Å². The molecule has 1 aliphatic heterocycles. The van der Waals surface area contributed by atoms with Crippen LogP contribution in [0.3, 0.4) is 0 Å². The number of carbonyl (C=O) groups excluding carboxylic acids is 1. The van der Waals surface area contributed by atoms with Gasteiger partial charge in [0, 0.05) is 41.9 Å². The van der Waals surface area contributed by atoms with Crippen LogP contribution in [-0.4, -0.2) is 49.0 Å². The molecule has 2 N–H and O–H groups in total. The van der Waals surface area contributed by atoms with Crippen LogP contribution in [0.2, 0.25) is 0 Å². The van der Waals surface area contributed by atoms with Gasteiger partial charge in [0.25, 0.3) is 0 Å². The highest BCUT2D eigenvalue weighted by Crippen LogP contribution is 2.28. The largest absolute Gasteiger partial charge is 0.357 e. The highest BCUT2D eigenvalue weighted by molar-refractivity contribution is 14.0. The van der Waals surface area contributed by atoms with Crippen LogP contribution in [0, 0.1) is 5.92 Å². The Morgan fingerprint density at radius 3 is 2.71 bits per heavy atom. The molecule has 7 heteroatoms. The van der Waals surface area contributed by atoms with Gasteiger partial charge in [-0.25, -0.2) is 0 Å². The summed E-state index contributed by atoms with van der Waals surface area (Å²) in [4.78, 5) is 20.9. The molecule has 1 atom stereocenters. The van der Waals surface area contributed by atoms with Gasteiger partial charge in [-0.05, 0) is 37.6 Å². The van der Waals surface area contributed by atoms with Crippen LogP contribution in [0.25, 0.3) is 0 Å². The molecule has 3 rings (SSSR count). The highest BCUT2D eigenvalue weighted by Gasteiger charge is 2.32. The first kappa shape index (κ1) is 23.4. The lowest BCUT2D eigenvalue weighted by Crippen LogP contribution is -2.46. The summed E-state index contributed by atoms with van der Waals surface area (Å²) in [6, 6.07) is 4.57. The van der Waals surface area contributed by atoms with E-state index in [-0.39, 0.29) is 41.4 Å². The van der Waals surface area contributed by atoms with Crippen molar-refractivity contribution in [1.29, 1.82) is 0 Å². The van der Waals surface area contributed by atoms with E-state index in [1.807, 2.05) is 0 Å². The fourth-order valence-corrected chi connectivity index (χ4v) is 4.89. The zero-order chi connectivity index (χ0) is 19.3. The van der Waals surface area contributed by atoms with E-state index < -0.39 is 0 Å². The Labute approximate surface area is 190 Å². The van der Waals surface area contributed by atoms with Gasteiger partial charge in [0.2, 0.25) is 5.91 Å². The number of guanidine groups is 1. The van der Waals surface area contributed by atoms with Crippen molar-refractivity contribution in [2.75, 3.05) is 26.2 Å².